The highest BCUT2D eigenvalue weighted by atomic mass is 32.1. The number of nitrogens with zero attached hydrogens (tertiary/aromatic N) is 2. The molecule has 102 valence electrons. The van der Waals surface area contributed by atoms with Crippen LogP contribution in [0.4, 0.5) is 5.13 Å². The van der Waals surface area contributed by atoms with Crippen molar-refractivity contribution in [1.82, 2.24) is 4.98 Å². The lowest BCUT2D eigenvalue weighted by Crippen LogP contribution is -2.20. The van der Waals surface area contributed by atoms with Crippen molar-refractivity contribution in [2.45, 2.75) is 38.0 Å². The predicted molar refractivity (Wildman–Crippen MR) is 73.9 cm³/mol. The van der Waals surface area contributed by atoms with Crippen LogP contribution >= 0.6 is 11.3 Å². The zero-order valence-electron chi connectivity index (χ0n) is 10.8. The molecule has 1 saturated heterocycles. The Bertz CT molecular complexity index is 516. The van der Waals surface area contributed by atoms with E-state index in [1.807, 2.05) is 0 Å². The van der Waals surface area contributed by atoms with Gasteiger partial charge in [0.25, 0.3) is 0 Å². The monoisotopic (exact) mass is 278 g/mol. The van der Waals surface area contributed by atoms with Crippen LogP contribution in [0.15, 0.2) is 0 Å². The van der Waals surface area contributed by atoms with Crippen LogP contribution in [0.2, 0.25) is 0 Å². The van der Waals surface area contributed by atoms with Gasteiger partial charge in [-0.25, -0.2) is 4.98 Å². The molecule has 2 heterocycles. The molecular formula is C14H18N2O2S. The number of anilines is 1. The maximum absolute atomic E-state index is 11.2. The molecule has 0 spiro atoms. The summed E-state index contributed by atoms with van der Waals surface area (Å²) in [6.45, 7) is 2.27. The van der Waals surface area contributed by atoms with Gasteiger partial charge in [0.2, 0.25) is 0 Å². The highest BCUT2D eigenvalue weighted by molar-refractivity contribution is 7.15. The van der Waals surface area contributed by atoms with Gasteiger partial charge in [-0.1, -0.05) is 6.42 Å². The summed E-state index contributed by atoms with van der Waals surface area (Å²) < 4.78 is 0. The first-order valence-corrected chi connectivity index (χ1v) is 8.01. The first-order valence-electron chi connectivity index (χ1n) is 7.19. The summed E-state index contributed by atoms with van der Waals surface area (Å²) in [7, 11) is 0. The number of hydrogen-bond donors (Lipinski definition) is 1. The van der Waals surface area contributed by atoms with E-state index >= 15 is 0 Å². The zero-order valence-corrected chi connectivity index (χ0v) is 11.7. The van der Waals surface area contributed by atoms with Crippen molar-refractivity contribution in [1.29, 1.82) is 0 Å². The Morgan fingerprint density at radius 1 is 1.26 bits per heavy atom. The largest absolute Gasteiger partial charge is 0.481 e. The van der Waals surface area contributed by atoms with Crippen LogP contribution in [-0.2, 0) is 11.2 Å². The van der Waals surface area contributed by atoms with Crippen molar-refractivity contribution < 1.29 is 9.90 Å². The lowest BCUT2D eigenvalue weighted by atomic mass is 10.0. The summed E-state index contributed by atoms with van der Waals surface area (Å²) in [4.78, 5) is 19.5. The van der Waals surface area contributed by atoms with E-state index in [2.05, 4.69) is 9.88 Å². The van der Waals surface area contributed by atoms with E-state index in [4.69, 9.17) is 0 Å². The second-order valence-electron chi connectivity index (χ2n) is 6.09. The average molecular weight is 278 g/mol. The number of thiazole rings is 1. The van der Waals surface area contributed by atoms with Crippen LogP contribution in [0.3, 0.4) is 0 Å². The summed E-state index contributed by atoms with van der Waals surface area (Å²) in [6, 6.07) is 0. The third kappa shape index (κ3) is 1.78. The molecule has 4 rings (SSSR count). The van der Waals surface area contributed by atoms with Crippen LogP contribution in [0, 0.1) is 11.8 Å². The van der Waals surface area contributed by atoms with E-state index < -0.39 is 5.97 Å². The van der Waals surface area contributed by atoms with Gasteiger partial charge in [-0.2, -0.15) is 0 Å². The smallest absolute Gasteiger partial charge is 0.312 e. The number of hydrogen-bond acceptors (Lipinski definition) is 4. The van der Waals surface area contributed by atoms with Gasteiger partial charge in [-0.15, -0.1) is 11.3 Å². The predicted octanol–water partition coefficient (Wildman–Crippen LogP) is 2.49. The maximum Gasteiger partial charge on any atom is 0.312 e. The van der Waals surface area contributed by atoms with Gasteiger partial charge in [0.15, 0.2) is 5.13 Å². The van der Waals surface area contributed by atoms with Crippen molar-refractivity contribution >= 4 is 22.4 Å². The molecule has 5 heteroatoms. The van der Waals surface area contributed by atoms with Crippen LogP contribution in [0.25, 0.3) is 0 Å². The molecule has 2 aliphatic carbocycles. The molecule has 0 radical (unpaired) electrons. The Morgan fingerprint density at radius 3 is 2.68 bits per heavy atom. The fourth-order valence-corrected chi connectivity index (χ4v) is 5.14. The van der Waals surface area contributed by atoms with Crippen molar-refractivity contribution in [3.8, 4) is 0 Å². The van der Waals surface area contributed by atoms with Crippen LogP contribution < -0.4 is 4.90 Å². The second-order valence-corrected chi connectivity index (χ2v) is 7.15. The molecule has 3 aliphatic rings. The Labute approximate surface area is 116 Å². The van der Waals surface area contributed by atoms with E-state index in [1.54, 1.807) is 11.3 Å². The number of carboxylic acids is 1. The molecule has 0 bridgehead atoms. The fourth-order valence-electron chi connectivity index (χ4n) is 3.98. The second kappa shape index (κ2) is 4.20. The van der Waals surface area contributed by atoms with Gasteiger partial charge in [-0.3, -0.25) is 4.79 Å². The molecule has 1 aliphatic heterocycles. The van der Waals surface area contributed by atoms with Gasteiger partial charge >= 0.3 is 5.97 Å². The Balaban J connectivity index is 1.58. The van der Waals surface area contributed by atoms with Gasteiger partial charge in [0.05, 0.1) is 5.69 Å². The molecule has 2 fully saturated rings. The Hall–Kier alpha value is -1.10. The topological polar surface area (TPSA) is 53.4 Å². The third-order valence-electron chi connectivity index (χ3n) is 5.00. The summed E-state index contributed by atoms with van der Waals surface area (Å²) in [5.41, 5.74) is 0.851. The SMILES string of the molecule is O=C(O)C1CCc2sc(N3CC4CCCC4C3)nc21. The lowest BCUT2D eigenvalue weighted by molar-refractivity contribution is -0.138. The molecule has 19 heavy (non-hydrogen) atoms. The zero-order chi connectivity index (χ0) is 13.0. The summed E-state index contributed by atoms with van der Waals surface area (Å²) in [6.07, 6.45) is 5.74. The lowest BCUT2D eigenvalue weighted by Gasteiger charge is -2.15. The molecule has 1 aromatic rings. The van der Waals surface area contributed by atoms with Gasteiger partial charge in [-0.05, 0) is 37.5 Å². The van der Waals surface area contributed by atoms with Gasteiger partial charge in [0, 0.05) is 18.0 Å². The Morgan fingerprint density at radius 2 is 2.00 bits per heavy atom. The summed E-state index contributed by atoms with van der Waals surface area (Å²) in [5, 5.41) is 10.3. The molecule has 0 amide bonds. The molecule has 1 N–H and O–H groups in total. The molecule has 1 saturated carbocycles. The molecular weight excluding hydrogens is 260 g/mol. The minimum atomic E-state index is -0.714. The van der Waals surface area contributed by atoms with E-state index in [1.165, 1.54) is 24.1 Å². The number of aryl methyl sites for hydroxylation is 1. The number of carbonyl (C=O) groups is 1. The van der Waals surface area contributed by atoms with Crippen LogP contribution in [-0.4, -0.2) is 29.1 Å². The minimum absolute atomic E-state index is 0.359. The van der Waals surface area contributed by atoms with E-state index in [9.17, 15) is 9.90 Å². The van der Waals surface area contributed by atoms with E-state index in [0.29, 0.717) is 0 Å². The van der Waals surface area contributed by atoms with Crippen LogP contribution in [0.5, 0.6) is 0 Å². The average Bonchev–Trinajstić information content (AvgIpc) is 3.05. The molecule has 3 atom stereocenters. The minimum Gasteiger partial charge on any atom is -0.481 e. The van der Waals surface area contributed by atoms with Crippen molar-refractivity contribution in [2.75, 3.05) is 18.0 Å². The van der Waals surface area contributed by atoms with Crippen molar-refractivity contribution in [2.24, 2.45) is 11.8 Å². The highest BCUT2D eigenvalue weighted by Gasteiger charge is 2.39. The first-order chi connectivity index (χ1) is 9.22. The van der Waals surface area contributed by atoms with E-state index in [-0.39, 0.29) is 5.92 Å². The summed E-state index contributed by atoms with van der Waals surface area (Å²) >= 11 is 1.73. The fraction of sp³-hybridized carbons (Fsp3) is 0.714. The molecule has 4 nitrogen and oxygen atoms in total. The first kappa shape index (κ1) is 11.7. The molecule has 0 aromatic carbocycles. The normalized spacial score (nSPS) is 32.6. The number of fused-ring (bicyclic) bond motifs is 2. The summed E-state index contributed by atoms with van der Waals surface area (Å²) in [5.74, 6) is 0.638. The standard InChI is InChI=1S/C14H18N2O2S/c17-13(18)10-4-5-11-12(10)15-14(19-11)16-6-8-2-1-3-9(8)7-16/h8-10H,1-7H2,(H,17,18). The number of aromatic nitrogens is 1. The Kier molecular flexibility index (Phi) is 2.59. The third-order valence-corrected chi connectivity index (χ3v) is 6.19. The number of carboxylic acid groups (broad SMARTS) is 1. The quantitative estimate of drug-likeness (QED) is 0.903. The highest BCUT2D eigenvalue weighted by Crippen LogP contribution is 2.44. The van der Waals surface area contributed by atoms with Crippen molar-refractivity contribution in [3.05, 3.63) is 10.6 Å². The molecule has 3 unspecified atom stereocenters. The number of aliphatic carboxylic acids is 1. The molecule has 1 aromatic heterocycles. The van der Waals surface area contributed by atoms with Gasteiger partial charge < -0.3 is 10.0 Å². The van der Waals surface area contributed by atoms with Gasteiger partial charge in [0.1, 0.15) is 5.92 Å². The maximum atomic E-state index is 11.2. The number of rotatable bonds is 2. The van der Waals surface area contributed by atoms with Crippen molar-refractivity contribution in [3.63, 3.8) is 0 Å². The van der Waals surface area contributed by atoms with Crippen LogP contribution in [0.1, 0.15) is 42.2 Å². The van der Waals surface area contributed by atoms with E-state index in [0.717, 1.165) is 48.6 Å².